The summed E-state index contributed by atoms with van der Waals surface area (Å²) in [5, 5.41) is 27.0. The smallest absolute Gasteiger partial charge is 0.220 e. The molecule has 4 aromatic carbocycles. The van der Waals surface area contributed by atoms with E-state index < -0.39 is 0 Å². The topological polar surface area (TPSA) is 133 Å². The van der Waals surface area contributed by atoms with Crippen molar-refractivity contribution in [1.82, 2.24) is 10.6 Å². The molecule has 6 aliphatic rings. The average molecular weight is 961 g/mol. The summed E-state index contributed by atoms with van der Waals surface area (Å²) in [7, 11) is 0. The van der Waals surface area contributed by atoms with Gasteiger partial charge in [-0.05, 0) is 194 Å². The number of hydrogen-bond donors (Lipinski definition) is 4. The van der Waals surface area contributed by atoms with E-state index in [0.29, 0.717) is 109 Å². The van der Waals surface area contributed by atoms with E-state index in [1.807, 2.05) is 72.8 Å². The van der Waals surface area contributed by atoms with Crippen LogP contribution in [0, 0.1) is 46.3 Å². The molecule has 8 heteroatoms. The molecule has 10 atom stereocenters. The van der Waals surface area contributed by atoms with Gasteiger partial charge in [-0.3, -0.25) is 19.2 Å². The van der Waals surface area contributed by atoms with Crippen molar-refractivity contribution >= 4 is 23.4 Å². The van der Waals surface area contributed by atoms with E-state index in [-0.39, 0.29) is 22.6 Å². The number of carbonyl (C=O) groups excluding carboxylic acids is 4. The molecule has 71 heavy (non-hydrogen) atoms. The lowest BCUT2D eigenvalue weighted by Crippen LogP contribution is -2.44. The number of amides is 2. The molecule has 0 unspecified atom stereocenters. The zero-order chi connectivity index (χ0) is 49.9. The SMILES string of the molecule is CCCc1cc2c(cc1O)CC[C@H]1[C@@H]3[C@H](CCCC(=O)NCc4ccccc4)CC(=O)[C@@]3(C)CC[C@H]21.CCc1cc2c(cc1O)CC[C@H]1[C@@H]3[C@H](CCCC(=O)NCc4ccccc4)CC(=O)[C@@]3(C)CC[C@H]21. The van der Waals surface area contributed by atoms with Crippen LogP contribution in [-0.4, -0.2) is 33.6 Å². The Balaban J connectivity index is 0.000000176. The summed E-state index contributed by atoms with van der Waals surface area (Å²) in [6.45, 7) is 9.86. The van der Waals surface area contributed by atoms with Crippen molar-refractivity contribution in [2.45, 2.75) is 175 Å². The number of aromatic hydroxyl groups is 2. The van der Waals surface area contributed by atoms with Gasteiger partial charge in [0.15, 0.2) is 0 Å². The fourth-order valence-corrected chi connectivity index (χ4v) is 15.5. The van der Waals surface area contributed by atoms with Gasteiger partial charge in [-0.15, -0.1) is 0 Å². The summed E-state index contributed by atoms with van der Waals surface area (Å²) < 4.78 is 0. The molecule has 0 radical (unpaired) electrons. The average Bonchev–Trinajstić information content (AvgIpc) is 3.79. The first-order valence-corrected chi connectivity index (χ1v) is 27.7. The highest BCUT2D eigenvalue weighted by molar-refractivity contribution is 5.88. The van der Waals surface area contributed by atoms with Crippen LogP contribution >= 0.6 is 0 Å². The number of Topliss-reactive ketones (excluding diaryl/α,β-unsaturated/α-hetero) is 2. The molecule has 0 spiro atoms. The highest BCUT2D eigenvalue weighted by atomic mass is 16.3. The van der Waals surface area contributed by atoms with Crippen LogP contribution in [0.3, 0.4) is 0 Å². The van der Waals surface area contributed by atoms with E-state index in [1.165, 1.54) is 22.3 Å². The molecule has 0 heterocycles. The number of phenols is 2. The van der Waals surface area contributed by atoms with Crippen molar-refractivity contribution in [2.75, 3.05) is 0 Å². The highest BCUT2D eigenvalue weighted by Gasteiger charge is 2.60. The third-order valence-corrected chi connectivity index (χ3v) is 19.1. The van der Waals surface area contributed by atoms with Crippen LogP contribution in [0.2, 0.25) is 0 Å². The number of hydrogen-bond acceptors (Lipinski definition) is 6. The Kier molecular flexibility index (Phi) is 15.6. The van der Waals surface area contributed by atoms with Gasteiger partial charge in [0.05, 0.1) is 0 Å². The summed E-state index contributed by atoms with van der Waals surface area (Å²) in [5.41, 5.74) is 9.42. The standard InChI is InChI=1S/C32H41NO3.C31H39NO3/c1-3-8-23-17-27-22(18-28(23)34)13-14-26-25(27)15-16-32(2)29(35)19-24(31(26)32)11-7-12-30(36)33-20-21-9-5-4-6-10-21;1-3-21-16-26-22(17-27(21)33)12-13-25-24(26)14-15-31(2)28(34)18-23(30(25)31)10-7-11-29(35)32-19-20-8-5-4-6-9-20/h4-6,9-10,17-18,24-26,31,34H,3,7-8,11-16,19-20H2,1-2H3,(H,33,36);4-6,8-9,16-17,23-25,30,33H,3,7,10-15,18-19H2,1-2H3,(H,32,35)/t24-,25+,26-,31+,32-;23-,24+,25-,30+,31-/m11/s1. The highest BCUT2D eigenvalue weighted by Crippen LogP contribution is 2.64. The Morgan fingerprint density at radius 2 is 1.04 bits per heavy atom. The molecule has 10 rings (SSSR count). The summed E-state index contributed by atoms with van der Waals surface area (Å²) >= 11 is 0. The van der Waals surface area contributed by atoms with Gasteiger partial charge in [0.25, 0.3) is 0 Å². The molecular formula is C63H80N2O6. The maximum Gasteiger partial charge on any atom is 0.220 e. The van der Waals surface area contributed by atoms with E-state index in [1.54, 1.807) is 0 Å². The van der Waals surface area contributed by atoms with Crippen molar-refractivity contribution < 1.29 is 29.4 Å². The fraction of sp³-hybridized carbons (Fsp3) is 0.556. The van der Waals surface area contributed by atoms with Gasteiger partial charge >= 0.3 is 0 Å². The third kappa shape index (κ3) is 10.5. The van der Waals surface area contributed by atoms with E-state index in [4.69, 9.17) is 0 Å². The van der Waals surface area contributed by atoms with Crippen molar-refractivity contribution in [3.05, 3.63) is 129 Å². The molecule has 0 bridgehead atoms. The van der Waals surface area contributed by atoms with Crippen molar-refractivity contribution in [2.24, 2.45) is 46.3 Å². The molecule has 0 aliphatic heterocycles. The van der Waals surface area contributed by atoms with Crippen molar-refractivity contribution in [3.63, 3.8) is 0 Å². The first-order valence-electron chi connectivity index (χ1n) is 27.7. The maximum absolute atomic E-state index is 13.3. The fourth-order valence-electron chi connectivity index (χ4n) is 15.5. The number of phenolic OH excluding ortho intramolecular Hbond substituents is 2. The number of nitrogens with one attached hydrogen (secondary N) is 2. The first kappa shape index (κ1) is 50.7. The van der Waals surface area contributed by atoms with Crippen LogP contribution in [0.4, 0.5) is 0 Å². The zero-order valence-corrected chi connectivity index (χ0v) is 43.1. The molecule has 4 fully saturated rings. The van der Waals surface area contributed by atoms with Crippen LogP contribution in [0.5, 0.6) is 11.5 Å². The minimum Gasteiger partial charge on any atom is -0.508 e. The molecule has 0 aromatic heterocycles. The Labute approximate surface area is 423 Å². The third-order valence-electron chi connectivity index (χ3n) is 19.1. The maximum atomic E-state index is 13.3. The summed E-state index contributed by atoms with van der Waals surface area (Å²) in [5.74, 6) is 5.60. The Morgan fingerprint density at radius 3 is 1.48 bits per heavy atom. The minimum atomic E-state index is -0.206. The second-order valence-corrected chi connectivity index (χ2v) is 23.1. The number of ketones is 2. The second kappa shape index (κ2) is 21.9. The minimum absolute atomic E-state index is 0.0981. The Bertz CT molecular complexity index is 2560. The predicted molar refractivity (Wildman–Crippen MR) is 281 cm³/mol. The summed E-state index contributed by atoms with van der Waals surface area (Å²) in [4.78, 5) is 51.5. The molecule has 4 saturated carbocycles. The van der Waals surface area contributed by atoms with Crippen LogP contribution in [0.25, 0.3) is 0 Å². The molecule has 2 amide bonds. The Hall–Kier alpha value is -5.24. The summed E-state index contributed by atoms with van der Waals surface area (Å²) in [6, 6.07) is 28.6. The van der Waals surface area contributed by atoms with Gasteiger partial charge in [-0.25, -0.2) is 0 Å². The monoisotopic (exact) mass is 961 g/mol. The molecular weight excluding hydrogens is 881 g/mol. The molecule has 4 aromatic rings. The predicted octanol–water partition coefficient (Wildman–Crippen LogP) is 12.6. The van der Waals surface area contributed by atoms with Crippen molar-refractivity contribution in [3.8, 4) is 11.5 Å². The number of fused-ring (bicyclic) bond motifs is 10. The zero-order valence-electron chi connectivity index (χ0n) is 43.1. The molecule has 4 N–H and O–H groups in total. The molecule has 6 aliphatic carbocycles. The van der Waals surface area contributed by atoms with Crippen LogP contribution in [0.1, 0.15) is 180 Å². The lowest BCUT2D eigenvalue weighted by molar-refractivity contribution is -0.130. The quantitative estimate of drug-likeness (QED) is 0.0938. The van der Waals surface area contributed by atoms with Crippen LogP contribution in [-0.2, 0) is 58.0 Å². The van der Waals surface area contributed by atoms with Crippen LogP contribution < -0.4 is 10.6 Å². The lowest BCUT2D eigenvalue weighted by atomic mass is 9.54. The van der Waals surface area contributed by atoms with Gasteiger partial charge in [-0.1, -0.05) is 107 Å². The van der Waals surface area contributed by atoms with Crippen LogP contribution in [0.15, 0.2) is 84.9 Å². The first-order chi connectivity index (χ1) is 34.3. The summed E-state index contributed by atoms with van der Waals surface area (Å²) in [6.07, 6.45) is 17.0. The second-order valence-electron chi connectivity index (χ2n) is 23.1. The number of carbonyl (C=O) groups is 4. The Morgan fingerprint density at radius 1 is 0.606 bits per heavy atom. The number of benzene rings is 4. The number of rotatable bonds is 15. The van der Waals surface area contributed by atoms with Gasteiger partial charge in [0.1, 0.15) is 23.1 Å². The number of aryl methyl sites for hydroxylation is 4. The van der Waals surface area contributed by atoms with E-state index in [2.05, 4.69) is 50.5 Å². The normalized spacial score (nSPS) is 29.0. The molecule has 0 saturated heterocycles. The van der Waals surface area contributed by atoms with Gasteiger partial charge in [0.2, 0.25) is 11.8 Å². The lowest BCUT2D eigenvalue weighted by Gasteiger charge is -2.50. The molecule has 8 nitrogen and oxygen atoms in total. The van der Waals surface area contributed by atoms with Gasteiger partial charge < -0.3 is 20.8 Å². The van der Waals surface area contributed by atoms with Gasteiger partial charge in [-0.2, -0.15) is 0 Å². The van der Waals surface area contributed by atoms with E-state index in [0.717, 1.165) is 119 Å². The van der Waals surface area contributed by atoms with Gasteiger partial charge in [0, 0.05) is 49.6 Å². The van der Waals surface area contributed by atoms with E-state index in [9.17, 15) is 29.4 Å². The van der Waals surface area contributed by atoms with Crippen molar-refractivity contribution in [1.29, 1.82) is 0 Å². The van der Waals surface area contributed by atoms with E-state index >= 15 is 0 Å². The molecule has 378 valence electrons. The largest absolute Gasteiger partial charge is 0.508 e.